The molecule has 2 aromatic carbocycles. The second-order valence-electron chi connectivity index (χ2n) is 5.99. The number of likely N-dealkylation sites (N-methyl/N-ethyl adjacent to an activating group) is 1. The summed E-state index contributed by atoms with van der Waals surface area (Å²) in [5.41, 5.74) is 1.48. The molecule has 0 bridgehead atoms. The van der Waals surface area contributed by atoms with Crippen molar-refractivity contribution >= 4 is 29.1 Å². The first-order valence-corrected chi connectivity index (χ1v) is 8.39. The largest absolute Gasteiger partial charge is 0.479 e. The first-order valence-electron chi connectivity index (χ1n) is 8.02. The van der Waals surface area contributed by atoms with Gasteiger partial charge in [0.25, 0.3) is 5.91 Å². The molecular weight excluding hydrogens is 340 g/mol. The van der Waals surface area contributed by atoms with E-state index in [1.807, 2.05) is 30.3 Å². The average molecular weight is 359 g/mol. The van der Waals surface area contributed by atoms with Crippen LogP contribution in [0.4, 0.5) is 5.69 Å². The van der Waals surface area contributed by atoms with E-state index in [9.17, 15) is 9.59 Å². The van der Waals surface area contributed by atoms with Crippen molar-refractivity contribution in [3.8, 4) is 5.75 Å². The fourth-order valence-electron chi connectivity index (χ4n) is 2.75. The molecule has 1 unspecified atom stereocenters. The molecule has 1 aliphatic rings. The topological polar surface area (TPSA) is 49.9 Å². The standard InChI is InChI=1S/C19H19ClN2O3/c1-13-19(24)22(16-9-5-6-10-17(16)25-13)12-18(23)21(2)11-14-7-3-4-8-15(14)20/h3-10,13H,11-12H2,1-2H3. The second kappa shape index (κ2) is 7.15. The van der Waals surface area contributed by atoms with Crippen molar-refractivity contribution < 1.29 is 14.3 Å². The lowest BCUT2D eigenvalue weighted by Crippen LogP contribution is -2.48. The number of rotatable bonds is 4. The van der Waals surface area contributed by atoms with Crippen LogP contribution in [0.25, 0.3) is 0 Å². The van der Waals surface area contributed by atoms with E-state index in [0.29, 0.717) is 23.0 Å². The zero-order valence-corrected chi connectivity index (χ0v) is 14.9. The van der Waals surface area contributed by atoms with E-state index in [2.05, 4.69) is 0 Å². The average Bonchev–Trinajstić information content (AvgIpc) is 2.60. The molecular formula is C19H19ClN2O3. The molecule has 130 valence electrons. The van der Waals surface area contributed by atoms with E-state index in [-0.39, 0.29) is 18.4 Å². The number of nitrogens with zero attached hydrogens (tertiary/aromatic N) is 2. The molecule has 0 aliphatic carbocycles. The van der Waals surface area contributed by atoms with Gasteiger partial charge in [-0.2, -0.15) is 0 Å². The quantitative estimate of drug-likeness (QED) is 0.843. The van der Waals surface area contributed by atoms with Crippen molar-refractivity contribution in [3.05, 3.63) is 59.1 Å². The summed E-state index contributed by atoms with van der Waals surface area (Å²) in [6.45, 7) is 2.03. The molecule has 0 saturated carbocycles. The van der Waals surface area contributed by atoms with E-state index >= 15 is 0 Å². The number of carbonyl (C=O) groups excluding carboxylic acids is 2. The molecule has 3 rings (SSSR count). The maximum absolute atomic E-state index is 12.6. The Morgan fingerprint density at radius 3 is 2.64 bits per heavy atom. The Bertz CT molecular complexity index is 809. The van der Waals surface area contributed by atoms with Gasteiger partial charge >= 0.3 is 0 Å². The van der Waals surface area contributed by atoms with Crippen molar-refractivity contribution in [2.45, 2.75) is 19.6 Å². The third-order valence-corrected chi connectivity index (χ3v) is 4.53. The highest BCUT2D eigenvalue weighted by Gasteiger charge is 2.33. The third-order valence-electron chi connectivity index (χ3n) is 4.16. The molecule has 0 spiro atoms. The van der Waals surface area contributed by atoms with Crippen LogP contribution in [0, 0.1) is 0 Å². The SMILES string of the molecule is CC1Oc2ccccc2N(CC(=O)N(C)Cc2ccccc2Cl)C1=O. The number of carbonyl (C=O) groups is 2. The monoisotopic (exact) mass is 358 g/mol. The molecule has 2 amide bonds. The van der Waals surface area contributed by atoms with Gasteiger partial charge in [0.15, 0.2) is 6.10 Å². The lowest BCUT2D eigenvalue weighted by molar-refractivity contribution is -0.132. The number of hydrogen-bond donors (Lipinski definition) is 0. The summed E-state index contributed by atoms with van der Waals surface area (Å²) in [5.74, 6) is 0.214. The second-order valence-corrected chi connectivity index (χ2v) is 6.40. The van der Waals surface area contributed by atoms with Crippen molar-refractivity contribution in [2.24, 2.45) is 0 Å². The summed E-state index contributed by atoms with van der Waals surface area (Å²) in [4.78, 5) is 28.2. The van der Waals surface area contributed by atoms with Crippen molar-refractivity contribution in [1.82, 2.24) is 4.90 Å². The molecule has 1 heterocycles. The van der Waals surface area contributed by atoms with E-state index in [4.69, 9.17) is 16.3 Å². The predicted molar refractivity (Wildman–Crippen MR) is 96.8 cm³/mol. The van der Waals surface area contributed by atoms with Gasteiger partial charge in [0.2, 0.25) is 5.91 Å². The normalized spacial score (nSPS) is 16.2. The van der Waals surface area contributed by atoms with Gasteiger partial charge in [-0.3, -0.25) is 14.5 Å². The number of para-hydroxylation sites is 2. The van der Waals surface area contributed by atoms with Crippen molar-refractivity contribution in [1.29, 1.82) is 0 Å². The van der Waals surface area contributed by atoms with Crippen LogP contribution < -0.4 is 9.64 Å². The van der Waals surface area contributed by atoms with Gasteiger partial charge in [-0.1, -0.05) is 41.9 Å². The number of ether oxygens (including phenoxy) is 1. The van der Waals surface area contributed by atoms with E-state index in [0.717, 1.165) is 5.56 Å². The minimum atomic E-state index is -0.614. The highest BCUT2D eigenvalue weighted by atomic mass is 35.5. The fraction of sp³-hybridized carbons (Fsp3) is 0.263. The highest BCUT2D eigenvalue weighted by molar-refractivity contribution is 6.31. The zero-order valence-electron chi connectivity index (χ0n) is 14.1. The highest BCUT2D eigenvalue weighted by Crippen LogP contribution is 2.33. The van der Waals surface area contributed by atoms with Crippen LogP contribution in [0.2, 0.25) is 5.02 Å². The van der Waals surface area contributed by atoms with Crippen molar-refractivity contribution in [3.63, 3.8) is 0 Å². The Kier molecular flexibility index (Phi) is 4.95. The van der Waals surface area contributed by atoms with Crippen LogP contribution in [0.1, 0.15) is 12.5 Å². The molecule has 25 heavy (non-hydrogen) atoms. The van der Waals surface area contributed by atoms with E-state index in [1.165, 1.54) is 4.90 Å². The molecule has 1 aliphatic heterocycles. The van der Waals surface area contributed by atoms with Gasteiger partial charge in [-0.15, -0.1) is 0 Å². The van der Waals surface area contributed by atoms with Gasteiger partial charge in [0, 0.05) is 18.6 Å². The van der Waals surface area contributed by atoms with Gasteiger partial charge in [-0.25, -0.2) is 0 Å². The summed E-state index contributed by atoms with van der Waals surface area (Å²) >= 11 is 6.16. The Labute approximate surface area is 151 Å². The zero-order chi connectivity index (χ0) is 18.0. The number of hydrogen-bond acceptors (Lipinski definition) is 3. The number of amides is 2. The van der Waals surface area contributed by atoms with Gasteiger partial charge in [-0.05, 0) is 30.7 Å². The smallest absolute Gasteiger partial charge is 0.268 e. The van der Waals surface area contributed by atoms with Crippen molar-refractivity contribution in [2.75, 3.05) is 18.5 Å². The first-order chi connectivity index (χ1) is 12.0. The molecule has 1 atom stereocenters. The summed E-state index contributed by atoms with van der Waals surface area (Å²) in [5, 5.41) is 0.614. The van der Waals surface area contributed by atoms with Crippen LogP contribution in [-0.4, -0.2) is 36.4 Å². The van der Waals surface area contributed by atoms with E-state index in [1.54, 1.807) is 37.1 Å². The first kappa shape index (κ1) is 17.3. The van der Waals surface area contributed by atoms with Gasteiger partial charge in [0.05, 0.1) is 5.69 Å². The lowest BCUT2D eigenvalue weighted by Gasteiger charge is -2.33. The molecule has 0 N–H and O–H groups in total. The number of anilines is 1. The molecule has 0 aromatic heterocycles. The number of fused-ring (bicyclic) bond motifs is 1. The predicted octanol–water partition coefficient (Wildman–Crippen LogP) is 3.11. The van der Waals surface area contributed by atoms with Crippen LogP contribution in [0.15, 0.2) is 48.5 Å². The molecule has 5 nitrogen and oxygen atoms in total. The van der Waals surface area contributed by atoms with Crippen LogP contribution in [-0.2, 0) is 16.1 Å². The van der Waals surface area contributed by atoms with Gasteiger partial charge in [0.1, 0.15) is 12.3 Å². The minimum absolute atomic E-state index is 0.0372. The number of halogens is 1. The summed E-state index contributed by atoms with van der Waals surface area (Å²) < 4.78 is 5.59. The molecule has 2 aromatic rings. The fourth-order valence-corrected chi connectivity index (χ4v) is 2.94. The van der Waals surface area contributed by atoms with Gasteiger partial charge < -0.3 is 9.64 Å². The van der Waals surface area contributed by atoms with Crippen LogP contribution in [0.3, 0.4) is 0 Å². The van der Waals surface area contributed by atoms with E-state index < -0.39 is 6.10 Å². The van der Waals surface area contributed by atoms with Crippen LogP contribution in [0.5, 0.6) is 5.75 Å². The summed E-state index contributed by atoms with van der Waals surface area (Å²) in [7, 11) is 1.70. The number of benzene rings is 2. The summed E-state index contributed by atoms with van der Waals surface area (Å²) in [6.07, 6.45) is -0.614. The lowest BCUT2D eigenvalue weighted by atomic mass is 10.1. The molecule has 0 fully saturated rings. The Balaban J connectivity index is 1.76. The maximum atomic E-state index is 12.6. The molecule has 0 saturated heterocycles. The summed E-state index contributed by atoms with van der Waals surface area (Å²) in [6, 6.07) is 14.6. The molecule has 6 heteroatoms. The maximum Gasteiger partial charge on any atom is 0.268 e. The third kappa shape index (κ3) is 3.61. The van der Waals surface area contributed by atoms with Crippen LogP contribution >= 0.6 is 11.6 Å². The molecule has 0 radical (unpaired) electrons. The Hall–Kier alpha value is -2.53. The Morgan fingerprint density at radius 1 is 1.20 bits per heavy atom. The minimum Gasteiger partial charge on any atom is -0.479 e. The Morgan fingerprint density at radius 2 is 1.88 bits per heavy atom.